The summed E-state index contributed by atoms with van der Waals surface area (Å²) in [5, 5.41) is 7.46. The van der Waals surface area contributed by atoms with Gasteiger partial charge in [-0.25, -0.2) is 0 Å². The summed E-state index contributed by atoms with van der Waals surface area (Å²) >= 11 is 0. The van der Waals surface area contributed by atoms with E-state index in [9.17, 15) is 0 Å². The third-order valence-electron chi connectivity index (χ3n) is 7.44. The van der Waals surface area contributed by atoms with Crippen LogP contribution in [0.15, 0.2) is 146 Å². The van der Waals surface area contributed by atoms with Gasteiger partial charge in [0.05, 0.1) is 5.69 Å². The lowest BCUT2D eigenvalue weighted by molar-refractivity contribution is 1.28. The molecule has 0 unspecified atom stereocenters. The molecular weight excluding hydrogens is 458 g/mol. The van der Waals surface area contributed by atoms with Crippen molar-refractivity contribution in [1.29, 1.82) is 0 Å². The fraction of sp³-hybridized carbons (Fsp3) is 0.0270. The third-order valence-corrected chi connectivity index (χ3v) is 7.44. The maximum Gasteiger partial charge on any atom is 0.0546 e. The van der Waals surface area contributed by atoms with Crippen molar-refractivity contribution in [3.8, 4) is 11.1 Å². The summed E-state index contributed by atoms with van der Waals surface area (Å²) in [5.41, 5.74) is 7.16. The molecule has 180 valence electrons. The van der Waals surface area contributed by atoms with E-state index >= 15 is 0 Å². The molecule has 0 heterocycles. The van der Waals surface area contributed by atoms with Gasteiger partial charge in [-0.05, 0) is 86.8 Å². The Hall–Kier alpha value is -4.88. The Kier molecular flexibility index (Phi) is 5.41. The third kappa shape index (κ3) is 3.90. The van der Waals surface area contributed by atoms with Gasteiger partial charge in [-0.15, -0.1) is 0 Å². The highest BCUT2D eigenvalue weighted by Crippen LogP contribution is 2.45. The Morgan fingerprint density at radius 3 is 1.79 bits per heavy atom. The number of nitrogens with zero attached hydrogens (tertiary/aromatic N) is 1. The lowest BCUT2D eigenvalue weighted by Gasteiger charge is -2.29. The first kappa shape index (κ1) is 22.3. The lowest BCUT2D eigenvalue weighted by atomic mass is 9.93. The molecule has 0 amide bonds. The van der Waals surface area contributed by atoms with E-state index in [0.29, 0.717) is 0 Å². The molecule has 0 aromatic heterocycles. The number of fused-ring (bicyclic) bond motifs is 3. The summed E-state index contributed by atoms with van der Waals surface area (Å²) in [6, 6.07) is 52.8. The maximum atomic E-state index is 2.41. The molecule has 0 aliphatic carbocycles. The first-order valence-corrected chi connectivity index (χ1v) is 13.1. The highest BCUT2D eigenvalue weighted by atomic mass is 15.1. The molecule has 0 radical (unpaired) electrons. The van der Waals surface area contributed by atoms with Crippen LogP contribution in [0.25, 0.3) is 43.4 Å². The van der Waals surface area contributed by atoms with Gasteiger partial charge < -0.3 is 4.90 Å². The largest absolute Gasteiger partial charge is 0.310 e. The first-order chi connectivity index (χ1) is 18.7. The smallest absolute Gasteiger partial charge is 0.0546 e. The molecule has 0 spiro atoms. The van der Waals surface area contributed by atoms with Crippen molar-refractivity contribution in [2.24, 2.45) is 0 Å². The molecule has 0 fully saturated rings. The number of rotatable bonds is 4. The van der Waals surface area contributed by atoms with Crippen molar-refractivity contribution in [1.82, 2.24) is 0 Å². The molecule has 1 nitrogen and oxygen atoms in total. The Bertz CT molecular complexity index is 1950. The van der Waals surface area contributed by atoms with E-state index in [1.165, 1.54) is 54.7 Å². The van der Waals surface area contributed by atoms with Gasteiger partial charge in [0.2, 0.25) is 0 Å². The van der Waals surface area contributed by atoms with Crippen molar-refractivity contribution in [2.75, 3.05) is 4.90 Å². The molecule has 0 bridgehead atoms. The summed E-state index contributed by atoms with van der Waals surface area (Å²) in [4.78, 5) is 2.41. The number of benzene rings is 7. The molecule has 0 aliphatic rings. The molecule has 7 aromatic carbocycles. The molecular formula is C37H27N. The van der Waals surface area contributed by atoms with Crippen molar-refractivity contribution >= 4 is 49.4 Å². The maximum absolute atomic E-state index is 2.41. The van der Waals surface area contributed by atoms with Gasteiger partial charge in [0.15, 0.2) is 0 Å². The predicted molar refractivity (Wildman–Crippen MR) is 164 cm³/mol. The van der Waals surface area contributed by atoms with E-state index in [0.717, 1.165) is 11.4 Å². The van der Waals surface area contributed by atoms with Crippen LogP contribution in [0.2, 0.25) is 0 Å². The van der Waals surface area contributed by atoms with E-state index in [1.807, 2.05) is 0 Å². The second-order valence-electron chi connectivity index (χ2n) is 9.95. The average molecular weight is 486 g/mol. The Balaban J connectivity index is 1.55. The van der Waals surface area contributed by atoms with Gasteiger partial charge >= 0.3 is 0 Å². The minimum Gasteiger partial charge on any atom is -0.310 e. The minimum absolute atomic E-state index is 1.15. The Morgan fingerprint density at radius 1 is 0.421 bits per heavy atom. The van der Waals surface area contributed by atoms with Crippen LogP contribution in [0.1, 0.15) is 5.56 Å². The van der Waals surface area contributed by atoms with Crippen molar-refractivity contribution in [3.05, 3.63) is 151 Å². The average Bonchev–Trinajstić information content (AvgIpc) is 2.97. The summed E-state index contributed by atoms with van der Waals surface area (Å²) in [6.07, 6.45) is 0. The van der Waals surface area contributed by atoms with Crippen LogP contribution in [-0.4, -0.2) is 0 Å². The normalized spacial score (nSPS) is 11.3. The fourth-order valence-corrected chi connectivity index (χ4v) is 5.60. The second kappa shape index (κ2) is 9.21. The zero-order valence-corrected chi connectivity index (χ0v) is 21.3. The van der Waals surface area contributed by atoms with Crippen LogP contribution in [-0.2, 0) is 0 Å². The standard InChI is InChI=1S/C37H27N/c1-26-9-8-15-33(23-26)38(34-21-19-28-11-3-5-14-31(28)25-34)36-22-20-29-12-6-7-16-35(29)37(36)32-18-17-27-10-2-4-13-30(27)24-32/h2-25H,1H3. The van der Waals surface area contributed by atoms with Gasteiger partial charge in [-0.2, -0.15) is 0 Å². The van der Waals surface area contributed by atoms with Gasteiger partial charge in [-0.1, -0.05) is 109 Å². The highest BCUT2D eigenvalue weighted by molar-refractivity contribution is 6.07. The van der Waals surface area contributed by atoms with Crippen LogP contribution in [0.3, 0.4) is 0 Å². The number of hydrogen-bond acceptors (Lipinski definition) is 1. The monoisotopic (exact) mass is 485 g/mol. The van der Waals surface area contributed by atoms with Gasteiger partial charge in [-0.3, -0.25) is 0 Å². The Morgan fingerprint density at radius 2 is 1.03 bits per heavy atom. The molecule has 0 aliphatic heterocycles. The number of aryl methyl sites for hydroxylation is 1. The molecule has 38 heavy (non-hydrogen) atoms. The molecule has 7 aromatic rings. The SMILES string of the molecule is Cc1cccc(N(c2ccc3ccccc3c2)c2ccc3ccccc3c2-c2ccc3ccccc3c2)c1. The lowest BCUT2D eigenvalue weighted by Crippen LogP contribution is -2.11. The summed E-state index contributed by atoms with van der Waals surface area (Å²) in [7, 11) is 0. The van der Waals surface area contributed by atoms with Crippen molar-refractivity contribution in [3.63, 3.8) is 0 Å². The summed E-state index contributed by atoms with van der Waals surface area (Å²) in [6.45, 7) is 2.16. The van der Waals surface area contributed by atoms with E-state index in [2.05, 4.69) is 157 Å². The van der Waals surface area contributed by atoms with Crippen LogP contribution < -0.4 is 4.90 Å². The van der Waals surface area contributed by atoms with Crippen molar-refractivity contribution < 1.29 is 0 Å². The number of hydrogen-bond donors (Lipinski definition) is 0. The highest BCUT2D eigenvalue weighted by Gasteiger charge is 2.20. The van der Waals surface area contributed by atoms with E-state index in [1.54, 1.807) is 0 Å². The molecule has 1 heteroatoms. The molecule has 0 saturated heterocycles. The van der Waals surface area contributed by atoms with Gasteiger partial charge in [0, 0.05) is 16.9 Å². The second-order valence-corrected chi connectivity index (χ2v) is 9.95. The van der Waals surface area contributed by atoms with E-state index in [-0.39, 0.29) is 0 Å². The number of anilines is 3. The fourth-order valence-electron chi connectivity index (χ4n) is 5.60. The predicted octanol–water partition coefficient (Wildman–Crippen LogP) is 10.6. The van der Waals surface area contributed by atoms with Gasteiger partial charge in [0.25, 0.3) is 0 Å². The Labute approximate surface area is 223 Å². The van der Waals surface area contributed by atoms with Crippen molar-refractivity contribution in [2.45, 2.75) is 6.92 Å². The topological polar surface area (TPSA) is 3.24 Å². The minimum atomic E-state index is 1.15. The van der Waals surface area contributed by atoms with Gasteiger partial charge in [0.1, 0.15) is 0 Å². The molecule has 7 rings (SSSR count). The summed E-state index contributed by atoms with van der Waals surface area (Å²) in [5.74, 6) is 0. The zero-order valence-electron chi connectivity index (χ0n) is 21.3. The quantitative estimate of drug-likeness (QED) is 0.240. The summed E-state index contributed by atoms with van der Waals surface area (Å²) < 4.78 is 0. The van der Waals surface area contributed by atoms with E-state index < -0.39 is 0 Å². The van der Waals surface area contributed by atoms with Crippen LogP contribution in [0.5, 0.6) is 0 Å². The first-order valence-electron chi connectivity index (χ1n) is 13.1. The molecule has 0 saturated carbocycles. The zero-order chi connectivity index (χ0) is 25.5. The van der Waals surface area contributed by atoms with Crippen LogP contribution >= 0.6 is 0 Å². The van der Waals surface area contributed by atoms with E-state index in [4.69, 9.17) is 0 Å². The van der Waals surface area contributed by atoms with Crippen LogP contribution in [0.4, 0.5) is 17.1 Å². The van der Waals surface area contributed by atoms with Crippen LogP contribution in [0, 0.1) is 6.92 Å². The molecule has 0 atom stereocenters. The molecule has 0 N–H and O–H groups in total.